The minimum atomic E-state index is -5.06. The number of hydrogen-bond donors (Lipinski definition) is 0. The SMILES string of the molecule is CC1CCN(Cc2c(OC(=O)c3ccc(C(C)(C)C)cc3)ccc3c(=O)c(Oc4ccc(Cl)cc4)c(C(F)(F)F)oc23)CC1. The standard InChI is InChI=1S/C34H33ClF3NO5/c1-20-15-17-39(18-16-20)19-26-27(43-32(41)21-5-7-22(8-6-21)33(2,3)4)14-13-25-28(40)30(31(34(36,37)38)44-29(25)26)42-24-11-9-23(35)10-12-24/h5-14,20H,15-19H2,1-4H3. The Morgan fingerprint density at radius 3 is 2.20 bits per heavy atom. The molecule has 232 valence electrons. The third-order valence-corrected chi connectivity index (χ3v) is 8.07. The van der Waals surface area contributed by atoms with Crippen LogP contribution in [0.1, 0.15) is 67.8 Å². The Morgan fingerprint density at radius 2 is 1.61 bits per heavy atom. The smallest absolute Gasteiger partial charge is 0.449 e. The van der Waals surface area contributed by atoms with Crippen LogP contribution in [0.2, 0.25) is 5.02 Å². The van der Waals surface area contributed by atoms with Crippen LogP contribution in [0.15, 0.2) is 69.9 Å². The van der Waals surface area contributed by atoms with Crippen LogP contribution in [0.4, 0.5) is 13.2 Å². The molecule has 0 radical (unpaired) electrons. The number of carbonyl (C=O) groups excluding carboxylic acids is 1. The highest BCUT2D eigenvalue weighted by Crippen LogP contribution is 2.41. The molecule has 1 saturated heterocycles. The van der Waals surface area contributed by atoms with Gasteiger partial charge in [-0.1, -0.05) is 51.4 Å². The second kappa shape index (κ2) is 12.3. The number of ether oxygens (including phenoxy) is 2. The number of halogens is 4. The van der Waals surface area contributed by atoms with Crippen LogP contribution in [-0.2, 0) is 18.1 Å². The van der Waals surface area contributed by atoms with Crippen molar-refractivity contribution in [2.24, 2.45) is 5.92 Å². The molecule has 1 aliphatic heterocycles. The van der Waals surface area contributed by atoms with E-state index >= 15 is 0 Å². The molecule has 0 saturated carbocycles. The maximum absolute atomic E-state index is 14.4. The average Bonchev–Trinajstić information content (AvgIpc) is 2.96. The van der Waals surface area contributed by atoms with Crippen molar-refractivity contribution < 1.29 is 31.9 Å². The monoisotopic (exact) mass is 627 g/mol. The van der Waals surface area contributed by atoms with Crippen LogP contribution >= 0.6 is 11.6 Å². The summed E-state index contributed by atoms with van der Waals surface area (Å²) in [5, 5.41) is 0.222. The largest absolute Gasteiger partial charge is 0.453 e. The fraction of sp³-hybridized carbons (Fsp3) is 0.353. The van der Waals surface area contributed by atoms with Crippen LogP contribution in [-0.4, -0.2) is 24.0 Å². The Balaban J connectivity index is 1.61. The summed E-state index contributed by atoms with van der Waals surface area (Å²) in [4.78, 5) is 28.9. The molecular weight excluding hydrogens is 595 g/mol. The van der Waals surface area contributed by atoms with Crippen molar-refractivity contribution in [2.45, 2.75) is 58.7 Å². The lowest BCUT2D eigenvalue weighted by Gasteiger charge is -2.30. The van der Waals surface area contributed by atoms with Crippen LogP contribution < -0.4 is 14.9 Å². The van der Waals surface area contributed by atoms with Gasteiger partial charge < -0.3 is 13.9 Å². The normalized spacial score (nSPS) is 15.0. The van der Waals surface area contributed by atoms with Gasteiger partial charge >= 0.3 is 12.1 Å². The summed E-state index contributed by atoms with van der Waals surface area (Å²) >= 11 is 5.89. The fourth-order valence-corrected chi connectivity index (χ4v) is 5.26. The van der Waals surface area contributed by atoms with E-state index in [1.807, 2.05) is 12.1 Å². The number of nitrogens with zero attached hydrogens (tertiary/aromatic N) is 1. The summed E-state index contributed by atoms with van der Waals surface area (Å²) in [5.41, 5.74) is 0.0506. The van der Waals surface area contributed by atoms with Crippen molar-refractivity contribution >= 4 is 28.5 Å². The minimum Gasteiger partial charge on any atom is -0.449 e. The number of piperidine rings is 1. The van der Waals surface area contributed by atoms with Crippen molar-refractivity contribution in [1.82, 2.24) is 4.90 Å². The predicted octanol–water partition coefficient (Wildman–Crippen LogP) is 9.01. The highest BCUT2D eigenvalue weighted by molar-refractivity contribution is 6.30. The molecule has 0 aliphatic carbocycles. The number of alkyl halides is 3. The van der Waals surface area contributed by atoms with E-state index in [0.29, 0.717) is 24.0 Å². The zero-order chi connectivity index (χ0) is 31.8. The van der Waals surface area contributed by atoms with Crippen molar-refractivity contribution in [3.63, 3.8) is 0 Å². The van der Waals surface area contributed by atoms with Gasteiger partial charge in [0.1, 0.15) is 17.1 Å². The molecule has 2 heterocycles. The zero-order valence-corrected chi connectivity index (χ0v) is 25.6. The van der Waals surface area contributed by atoms with E-state index in [1.54, 1.807) is 12.1 Å². The molecule has 0 bridgehead atoms. The number of benzene rings is 3. The van der Waals surface area contributed by atoms with Gasteiger partial charge in [0.05, 0.1) is 16.5 Å². The summed E-state index contributed by atoms with van der Waals surface area (Å²) in [5.74, 6) is -2.75. The zero-order valence-electron chi connectivity index (χ0n) is 24.9. The van der Waals surface area contributed by atoms with Crippen LogP contribution in [0.3, 0.4) is 0 Å². The van der Waals surface area contributed by atoms with Gasteiger partial charge in [-0.15, -0.1) is 0 Å². The molecule has 4 aromatic rings. The molecule has 3 aromatic carbocycles. The number of fused-ring (bicyclic) bond motifs is 1. The highest BCUT2D eigenvalue weighted by atomic mass is 35.5. The molecular formula is C34H33ClF3NO5. The lowest BCUT2D eigenvalue weighted by Crippen LogP contribution is -2.32. The van der Waals surface area contributed by atoms with Crippen LogP contribution in [0.5, 0.6) is 17.2 Å². The molecule has 6 nitrogen and oxygen atoms in total. The molecule has 0 unspecified atom stereocenters. The second-order valence-corrected chi connectivity index (χ2v) is 12.7. The van der Waals surface area contributed by atoms with Crippen molar-refractivity contribution in [3.05, 3.63) is 98.4 Å². The first-order valence-corrected chi connectivity index (χ1v) is 14.8. The Kier molecular flexibility index (Phi) is 8.82. The van der Waals surface area contributed by atoms with Crippen molar-refractivity contribution in [1.29, 1.82) is 0 Å². The van der Waals surface area contributed by atoms with Gasteiger partial charge in [-0.25, -0.2) is 4.79 Å². The summed E-state index contributed by atoms with van der Waals surface area (Å²) in [6, 6.07) is 15.3. The Labute approximate surface area is 258 Å². The summed E-state index contributed by atoms with van der Waals surface area (Å²) in [7, 11) is 0. The number of esters is 1. The quantitative estimate of drug-likeness (QED) is 0.157. The number of rotatable bonds is 6. The van der Waals surface area contributed by atoms with Gasteiger partial charge in [0.15, 0.2) is 0 Å². The van der Waals surface area contributed by atoms with Gasteiger partial charge in [-0.05, 0) is 91.4 Å². The minimum absolute atomic E-state index is 0.0164. The number of hydrogen-bond acceptors (Lipinski definition) is 6. The van der Waals surface area contributed by atoms with E-state index in [2.05, 4.69) is 32.6 Å². The summed E-state index contributed by atoms with van der Waals surface area (Å²) < 4.78 is 59.9. The van der Waals surface area contributed by atoms with E-state index in [-0.39, 0.29) is 45.6 Å². The summed E-state index contributed by atoms with van der Waals surface area (Å²) in [6.45, 7) is 9.80. The molecule has 1 aromatic heterocycles. The second-order valence-electron chi connectivity index (χ2n) is 12.2. The molecule has 44 heavy (non-hydrogen) atoms. The first kappa shape index (κ1) is 31.6. The maximum atomic E-state index is 14.4. The van der Waals surface area contributed by atoms with Crippen molar-refractivity contribution in [2.75, 3.05) is 13.1 Å². The molecule has 0 amide bonds. The Morgan fingerprint density at radius 1 is 0.977 bits per heavy atom. The lowest BCUT2D eigenvalue weighted by molar-refractivity contribution is -0.154. The number of likely N-dealkylation sites (tertiary alicyclic amines) is 1. The Hall–Kier alpha value is -3.82. The van der Waals surface area contributed by atoms with E-state index in [9.17, 15) is 22.8 Å². The molecule has 0 spiro atoms. The Bertz CT molecular complexity index is 1720. The molecule has 0 N–H and O–H groups in total. The molecule has 1 aliphatic rings. The van der Waals surface area contributed by atoms with Gasteiger partial charge in [0.2, 0.25) is 11.2 Å². The number of carbonyl (C=O) groups is 1. The highest BCUT2D eigenvalue weighted by Gasteiger charge is 2.41. The van der Waals surface area contributed by atoms with Gasteiger partial charge in [-0.2, -0.15) is 13.2 Å². The van der Waals surface area contributed by atoms with E-state index in [4.69, 9.17) is 25.5 Å². The molecule has 0 atom stereocenters. The van der Waals surface area contributed by atoms with Crippen molar-refractivity contribution in [3.8, 4) is 17.2 Å². The molecule has 5 rings (SSSR count). The maximum Gasteiger partial charge on any atom is 0.453 e. The average molecular weight is 628 g/mol. The third-order valence-electron chi connectivity index (χ3n) is 7.82. The third kappa shape index (κ3) is 6.94. The summed E-state index contributed by atoms with van der Waals surface area (Å²) in [6.07, 6.45) is -3.26. The van der Waals surface area contributed by atoms with E-state index < -0.39 is 29.1 Å². The van der Waals surface area contributed by atoms with Gasteiger partial charge in [0, 0.05) is 11.6 Å². The molecule has 10 heteroatoms. The van der Waals surface area contributed by atoms with Gasteiger partial charge in [0.25, 0.3) is 5.76 Å². The topological polar surface area (TPSA) is 69.0 Å². The van der Waals surface area contributed by atoms with Gasteiger partial charge in [-0.3, -0.25) is 9.69 Å². The fourth-order valence-electron chi connectivity index (χ4n) is 5.13. The van der Waals surface area contributed by atoms with Crippen LogP contribution in [0.25, 0.3) is 11.0 Å². The van der Waals surface area contributed by atoms with E-state index in [1.165, 1.54) is 36.4 Å². The van der Waals surface area contributed by atoms with E-state index in [0.717, 1.165) is 18.4 Å². The first-order valence-electron chi connectivity index (χ1n) is 14.4. The van der Waals surface area contributed by atoms with Crippen LogP contribution in [0, 0.1) is 5.92 Å². The lowest BCUT2D eigenvalue weighted by atomic mass is 9.87. The predicted molar refractivity (Wildman–Crippen MR) is 163 cm³/mol. The first-order chi connectivity index (χ1) is 20.7. The molecule has 1 fully saturated rings.